The number of anilines is 2. The Balaban J connectivity index is 1.45. The second kappa shape index (κ2) is 9.76. The van der Waals surface area contributed by atoms with Crippen molar-refractivity contribution >= 4 is 17.4 Å². The van der Waals surface area contributed by atoms with Crippen molar-refractivity contribution in [2.45, 2.75) is 45.4 Å². The smallest absolute Gasteiger partial charge is 0.249 e. The summed E-state index contributed by atoms with van der Waals surface area (Å²) in [6, 6.07) is 4.42. The molecule has 1 aliphatic heterocycles. The summed E-state index contributed by atoms with van der Waals surface area (Å²) in [5, 5.41) is 7.32. The molecule has 2 atom stereocenters. The number of nitrogens with zero attached hydrogens (tertiary/aromatic N) is 5. The second-order valence-electron chi connectivity index (χ2n) is 8.42. The molecule has 0 saturated carbocycles. The zero-order chi connectivity index (χ0) is 24.4. The first-order valence-electron chi connectivity index (χ1n) is 11.1. The van der Waals surface area contributed by atoms with Gasteiger partial charge in [-0.15, -0.1) is 0 Å². The molecule has 180 valence electrons. The summed E-state index contributed by atoms with van der Waals surface area (Å²) < 4.78 is 26.1. The van der Waals surface area contributed by atoms with E-state index >= 15 is 0 Å². The van der Waals surface area contributed by atoms with Gasteiger partial charge < -0.3 is 19.7 Å². The van der Waals surface area contributed by atoms with E-state index in [1.807, 2.05) is 38.1 Å². The van der Waals surface area contributed by atoms with Crippen LogP contribution >= 0.6 is 0 Å². The molecule has 1 amide bonds. The number of hydrogen-bond acceptors (Lipinski definition) is 7. The Hall–Kier alpha value is -3.53. The van der Waals surface area contributed by atoms with Crippen molar-refractivity contribution in [1.29, 1.82) is 0 Å². The number of methoxy groups -OCH3 is 2. The van der Waals surface area contributed by atoms with E-state index < -0.39 is 11.9 Å². The molecule has 2 aromatic heterocycles. The maximum Gasteiger partial charge on any atom is 0.249 e. The van der Waals surface area contributed by atoms with E-state index in [4.69, 9.17) is 14.5 Å². The Morgan fingerprint density at radius 2 is 2.00 bits per heavy atom. The molecule has 4 rings (SSSR count). The molecule has 3 aromatic rings. The molecule has 0 radical (unpaired) electrons. The quantitative estimate of drug-likeness (QED) is 0.543. The summed E-state index contributed by atoms with van der Waals surface area (Å²) in [6.07, 6.45) is 4.76. The molecule has 1 aliphatic rings. The van der Waals surface area contributed by atoms with E-state index in [-0.39, 0.29) is 17.8 Å². The van der Waals surface area contributed by atoms with Crippen LogP contribution in [-0.2, 0) is 28.9 Å². The van der Waals surface area contributed by atoms with Crippen LogP contribution in [0.3, 0.4) is 0 Å². The standard InChI is InChI=1S/C24H29FN6O3/c1-14-21-23(30(3)22(15(2)33-4)24(32)29-21)28-20(27-14)9-7-17-11-26-31(13-17)12-16-6-8-19(34-5)18(25)10-16/h6,8,10-11,13,15,22H,7,9,12H2,1-5H3,(H,29,32)/t15-,22+/m1/s1. The fourth-order valence-corrected chi connectivity index (χ4v) is 4.16. The third-order valence-electron chi connectivity index (χ3n) is 6.09. The van der Waals surface area contributed by atoms with Crippen LogP contribution in [-0.4, -0.2) is 59.1 Å². The van der Waals surface area contributed by atoms with Crippen LogP contribution in [0, 0.1) is 12.7 Å². The Bertz CT molecular complexity index is 1200. The lowest BCUT2D eigenvalue weighted by Crippen LogP contribution is -2.53. The molecule has 34 heavy (non-hydrogen) atoms. The van der Waals surface area contributed by atoms with Gasteiger partial charge in [-0.05, 0) is 43.5 Å². The van der Waals surface area contributed by atoms with Gasteiger partial charge in [-0.25, -0.2) is 14.4 Å². The number of halogens is 1. The summed E-state index contributed by atoms with van der Waals surface area (Å²) in [6.45, 7) is 4.18. The number of hydrogen-bond donors (Lipinski definition) is 1. The predicted molar refractivity (Wildman–Crippen MR) is 126 cm³/mol. The summed E-state index contributed by atoms with van der Waals surface area (Å²) in [5.41, 5.74) is 3.18. The highest BCUT2D eigenvalue weighted by Gasteiger charge is 2.37. The van der Waals surface area contributed by atoms with Crippen LogP contribution in [0.5, 0.6) is 5.75 Å². The van der Waals surface area contributed by atoms with Gasteiger partial charge in [0.25, 0.3) is 0 Å². The van der Waals surface area contributed by atoms with Crippen molar-refractivity contribution in [3.63, 3.8) is 0 Å². The number of likely N-dealkylation sites (N-methyl/N-ethyl adjacent to an activating group) is 1. The number of nitrogens with one attached hydrogen (secondary N) is 1. The van der Waals surface area contributed by atoms with Crippen molar-refractivity contribution < 1.29 is 18.7 Å². The molecule has 0 aliphatic carbocycles. The maximum absolute atomic E-state index is 14.0. The Morgan fingerprint density at radius 1 is 1.21 bits per heavy atom. The number of benzene rings is 1. The van der Waals surface area contributed by atoms with Gasteiger partial charge >= 0.3 is 0 Å². The number of rotatable bonds is 8. The maximum atomic E-state index is 14.0. The monoisotopic (exact) mass is 468 g/mol. The molecular weight excluding hydrogens is 439 g/mol. The normalized spacial score (nSPS) is 16.2. The zero-order valence-corrected chi connectivity index (χ0v) is 20.0. The van der Waals surface area contributed by atoms with Crippen LogP contribution in [0.15, 0.2) is 30.6 Å². The molecule has 0 spiro atoms. The molecule has 0 unspecified atom stereocenters. The van der Waals surface area contributed by atoms with Crippen LogP contribution < -0.4 is 15.0 Å². The van der Waals surface area contributed by atoms with Gasteiger partial charge in [0.05, 0.1) is 31.6 Å². The van der Waals surface area contributed by atoms with Crippen LogP contribution in [0.1, 0.15) is 29.6 Å². The number of ether oxygens (including phenoxy) is 2. The minimum atomic E-state index is -0.472. The van der Waals surface area contributed by atoms with E-state index in [1.54, 1.807) is 24.1 Å². The number of carbonyl (C=O) groups excluding carboxylic acids is 1. The summed E-state index contributed by atoms with van der Waals surface area (Å²) in [4.78, 5) is 23.8. The van der Waals surface area contributed by atoms with Gasteiger partial charge in [-0.1, -0.05) is 6.07 Å². The largest absolute Gasteiger partial charge is 0.494 e. The van der Waals surface area contributed by atoms with Gasteiger partial charge in [0, 0.05) is 26.8 Å². The average Bonchev–Trinajstić information content (AvgIpc) is 3.25. The Kier molecular flexibility index (Phi) is 6.78. The fraction of sp³-hybridized carbons (Fsp3) is 0.417. The van der Waals surface area contributed by atoms with Gasteiger partial charge in [-0.3, -0.25) is 9.48 Å². The molecule has 0 fully saturated rings. The first kappa shape index (κ1) is 23.6. The van der Waals surface area contributed by atoms with E-state index in [1.165, 1.54) is 13.2 Å². The van der Waals surface area contributed by atoms with E-state index in [0.29, 0.717) is 36.7 Å². The first-order chi connectivity index (χ1) is 16.3. The van der Waals surface area contributed by atoms with Crippen LogP contribution in [0.25, 0.3) is 0 Å². The number of fused-ring (bicyclic) bond motifs is 1. The van der Waals surface area contributed by atoms with Crippen LogP contribution in [0.4, 0.5) is 15.9 Å². The number of amides is 1. The molecule has 0 saturated heterocycles. The molecule has 9 nitrogen and oxygen atoms in total. The lowest BCUT2D eigenvalue weighted by atomic mass is 10.1. The van der Waals surface area contributed by atoms with Crippen molar-refractivity contribution in [2.75, 3.05) is 31.5 Å². The number of aryl methyl sites for hydroxylation is 3. The molecule has 3 heterocycles. The van der Waals surface area contributed by atoms with Crippen molar-refractivity contribution in [1.82, 2.24) is 19.7 Å². The SMILES string of the molecule is COc1ccc(Cn2cc(CCc3nc(C)c4c(n3)N(C)[C@@H]([C@@H](C)OC)C(=O)N4)cn2)cc1F. The van der Waals surface area contributed by atoms with Gasteiger partial charge in [-0.2, -0.15) is 5.10 Å². The predicted octanol–water partition coefficient (Wildman–Crippen LogP) is 2.75. The Morgan fingerprint density at radius 3 is 2.71 bits per heavy atom. The average molecular weight is 469 g/mol. The third-order valence-corrected chi connectivity index (χ3v) is 6.09. The highest BCUT2D eigenvalue weighted by Crippen LogP contribution is 2.32. The first-order valence-corrected chi connectivity index (χ1v) is 11.1. The number of aromatic nitrogens is 4. The summed E-state index contributed by atoms with van der Waals surface area (Å²) in [5.74, 6) is 1.07. The van der Waals surface area contributed by atoms with E-state index in [2.05, 4.69) is 15.4 Å². The lowest BCUT2D eigenvalue weighted by Gasteiger charge is -2.37. The minimum absolute atomic E-state index is 0.132. The van der Waals surface area contributed by atoms with Gasteiger partial charge in [0.1, 0.15) is 17.6 Å². The van der Waals surface area contributed by atoms with E-state index in [0.717, 1.165) is 16.8 Å². The molecule has 1 aromatic carbocycles. The van der Waals surface area contributed by atoms with E-state index in [9.17, 15) is 9.18 Å². The third kappa shape index (κ3) is 4.72. The lowest BCUT2D eigenvalue weighted by molar-refractivity contribution is -0.120. The van der Waals surface area contributed by atoms with Crippen molar-refractivity contribution in [2.24, 2.45) is 0 Å². The summed E-state index contributed by atoms with van der Waals surface area (Å²) in [7, 11) is 4.88. The van der Waals surface area contributed by atoms with Gasteiger partial charge in [0.15, 0.2) is 17.4 Å². The Labute approximate surface area is 197 Å². The van der Waals surface area contributed by atoms with Gasteiger partial charge in [0.2, 0.25) is 5.91 Å². The fourth-order valence-electron chi connectivity index (χ4n) is 4.16. The minimum Gasteiger partial charge on any atom is -0.494 e. The molecule has 10 heteroatoms. The summed E-state index contributed by atoms with van der Waals surface area (Å²) >= 11 is 0. The molecule has 1 N–H and O–H groups in total. The topological polar surface area (TPSA) is 94.4 Å². The molecule has 0 bridgehead atoms. The molecular formula is C24H29FN6O3. The second-order valence-corrected chi connectivity index (χ2v) is 8.42. The zero-order valence-electron chi connectivity index (χ0n) is 20.0. The number of carbonyl (C=O) groups is 1. The van der Waals surface area contributed by atoms with Crippen molar-refractivity contribution in [3.8, 4) is 5.75 Å². The highest BCUT2D eigenvalue weighted by molar-refractivity contribution is 6.03. The van der Waals surface area contributed by atoms with Crippen molar-refractivity contribution in [3.05, 3.63) is 59.1 Å². The van der Waals surface area contributed by atoms with Crippen LogP contribution in [0.2, 0.25) is 0 Å². The highest BCUT2D eigenvalue weighted by atomic mass is 19.1.